The Kier molecular flexibility index (Phi) is 8.10. The molecule has 0 spiro atoms. The summed E-state index contributed by atoms with van der Waals surface area (Å²) in [5.41, 5.74) is 15.6. The molecule has 6 heteroatoms. The topological polar surface area (TPSA) is 68.8 Å². The Labute approximate surface area is 274 Å². The van der Waals surface area contributed by atoms with E-state index < -0.39 is 5.54 Å². The SMILES string of the molecule is Cc1cc(-c2nn(C(c3ccccc3)(c3ccccc3)c3ccccc3)c3cc(N)c(CNC(C)c4ccc(F)cc4)cc23)ccn1. The molecule has 0 aliphatic heterocycles. The van der Waals surface area contributed by atoms with E-state index in [0.717, 1.165) is 55.7 Å². The molecule has 2 aromatic heterocycles. The van der Waals surface area contributed by atoms with Crippen molar-refractivity contribution in [3.8, 4) is 11.3 Å². The van der Waals surface area contributed by atoms with E-state index >= 15 is 0 Å². The van der Waals surface area contributed by atoms with Gasteiger partial charge in [0.25, 0.3) is 0 Å². The Bertz CT molecular complexity index is 2030. The molecule has 0 aliphatic carbocycles. The molecule has 5 aromatic carbocycles. The van der Waals surface area contributed by atoms with Crippen molar-refractivity contribution in [3.05, 3.63) is 185 Å². The summed E-state index contributed by atoms with van der Waals surface area (Å²) in [6, 6.07) is 46.5. The Hall–Kier alpha value is -5.59. The molecule has 5 nitrogen and oxygen atoms in total. The van der Waals surface area contributed by atoms with Crippen molar-refractivity contribution in [1.29, 1.82) is 0 Å². The highest BCUT2D eigenvalue weighted by molar-refractivity contribution is 5.96. The number of pyridine rings is 1. The smallest absolute Gasteiger partial charge is 0.138 e. The molecule has 0 bridgehead atoms. The number of nitrogens with zero attached hydrogens (tertiary/aromatic N) is 3. The van der Waals surface area contributed by atoms with Crippen molar-refractivity contribution < 1.29 is 4.39 Å². The zero-order chi connectivity index (χ0) is 32.4. The van der Waals surface area contributed by atoms with Crippen molar-refractivity contribution in [2.45, 2.75) is 32.0 Å². The van der Waals surface area contributed by atoms with E-state index in [0.29, 0.717) is 12.2 Å². The number of anilines is 1. The maximum absolute atomic E-state index is 13.6. The first kappa shape index (κ1) is 30.1. The van der Waals surface area contributed by atoms with E-state index in [9.17, 15) is 4.39 Å². The van der Waals surface area contributed by atoms with Crippen LogP contribution in [0.3, 0.4) is 0 Å². The molecule has 7 aromatic rings. The van der Waals surface area contributed by atoms with Crippen molar-refractivity contribution in [2.24, 2.45) is 0 Å². The number of nitrogen functional groups attached to an aromatic ring is 1. The number of nitrogens with two attached hydrogens (primary N) is 1. The summed E-state index contributed by atoms with van der Waals surface area (Å²) in [6.45, 7) is 4.59. The molecule has 7 rings (SSSR count). The highest BCUT2D eigenvalue weighted by Crippen LogP contribution is 2.44. The minimum absolute atomic E-state index is 0.00219. The maximum atomic E-state index is 13.6. The van der Waals surface area contributed by atoms with E-state index in [1.165, 1.54) is 12.1 Å². The summed E-state index contributed by atoms with van der Waals surface area (Å²) in [5, 5.41) is 10.1. The molecule has 0 saturated carbocycles. The average molecular weight is 618 g/mol. The van der Waals surface area contributed by atoms with Crippen LogP contribution in [0.15, 0.2) is 146 Å². The van der Waals surface area contributed by atoms with Gasteiger partial charge in [0.2, 0.25) is 0 Å². The minimum atomic E-state index is -0.814. The number of hydrogen-bond donors (Lipinski definition) is 2. The van der Waals surface area contributed by atoms with Gasteiger partial charge in [0, 0.05) is 41.1 Å². The van der Waals surface area contributed by atoms with E-state index in [1.54, 1.807) is 0 Å². The molecule has 0 aliphatic rings. The zero-order valence-electron chi connectivity index (χ0n) is 26.4. The molecule has 0 radical (unpaired) electrons. The molecule has 3 N–H and O–H groups in total. The Balaban J connectivity index is 1.48. The molecule has 1 unspecified atom stereocenters. The van der Waals surface area contributed by atoms with Crippen LogP contribution < -0.4 is 11.1 Å². The van der Waals surface area contributed by atoms with Gasteiger partial charge in [-0.1, -0.05) is 103 Å². The summed E-state index contributed by atoms with van der Waals surface area (Å²) >= 11 is 0. The van der Waals surface area contributed by atoms with E-state index in [2.05, 4.69) is 113 Å². The molecule has 47 heavy (non-hydrogen) atoms. The van der Waals surface area contributed by atoms with Crippen molar-refractivity contribution in [3.63, 3.8) is 0 Å². The zero-order valence-corrected chi connectivity index (χ0v) is 26.4. The third-order valence-corrected chi connectivity index (χ3v) is 8.97. The quantitative estimate of drug-likeness (QED) is 0.125. The van der Waals surface area contributed by atoms with Gasteiger partial charge in [-0.3, -0.25) is 4.98 Å². The van der Waals surface area contributed by atoms with Gasteiger partial charge in [0.15, 0.2) is 0 Å². The minimum Gasteiger partial charge on any atom is -0.398 e. The molecule has 232 valence electrons. The standard InChI is InChI=1S/C41H36FN5/c1-28-24-31(22-23-44-28)40-37-25-32(27-45-29(2)30-18-20-36(42)21-19-30)38(43)26-39(37)47(46-40)41(33-12-6-3-7-13-33,34-14-8-4-9-15-34)35-16-10-5-11-17-35/h3-26,29,45H,27,43H2,1-2H3. The number of fused-ring (bicyclic) bond motifs is 1. The summed E-state index contributed by atoms with van der Waals surface area (Å²) < 4.78 is 15.7. The van der Waals surface area contributed by atoms with Gasteiger partial charge in [-0.15, -0.1) is 0 Å². The summed E-state index contributed by atoms with van der Waals surface area (Å²) in [6.07, 6.45) is 1.83. The Morgan fingerprint density at radius 2 is 1.34 bits per heavy atom. The fraction of sp³-hybridized carbons (Fsp3) is 0.122. The van der Waals surface area contributed by atoms with Crippen molar-refractivity contribution in [2.75, 3.05) is 5.73 Å². The van der Waals surface area contributed by atoms with Gasteiger partial charge >= 0.3 is 0 Å². The lowest BCUT2D eigenvalue weighted by atomic mass is 9.77. The molecule has 0 saturated heterocycles. The molecule has 0 amide bonds. The second kappa shape index (κ2) is 12.7. The largest absolute Gasteiger partial charge is 0.398 e. The second-order valence-corrected chi connectivity index (χ2v) is 12.0. The van der Waals surface area contributed by atoms with Gasteiger partial charge in [-0.25, -0.2) is 9.07 Å². The highest BCUT2D eigenvalue weighted by Gasteiger charge is 2.41. The lowest BCUT2D eigenvalue weighted by Crippen LogP contribution is -2.38. The van der Waals surface area contributed by atoms with Gasteiger partial charge in [0.1, 0.15) is 17.1 Å². The average Bonchev–Trinajstić information content (AvgIpc) is 3.47. The van der Waals surface area contributed by atoms with Crippen LogP contribution >= 0.6 is 0 Å². The predicted molar refractivity (Wildman–Crippen MR) is 188 cm³/mol. The van der Waals surface area contributed by atoms with Crippen LogP contribution in [0.2, 0.25) is 0 Å². The monoisotopic (exact) mass is 617 g/mol. The first-order valence-corrected chi connectivity index (χ1v) is 15.8. The number of aryl methyl sites for hydroxylation is 1. The van der Waals surface area contributed by atoms with Crippen LogP contribution in [-0.2, 0) is 12.1 Å². The number of benzene rings is 5. The van der Waals surface area contributed by atoms with Crippen LogP contribution in [0.1, 0.15) is 46.5 Å². The Morgan fingerprint density at radius 1 is 0.766 bits per heavy atom. The van der Waals surface area contributed by atoms with Crippen LogP contribution in [0.25, 0.3) is 22.2 Å². The number of hydrogen-bond acceptors (Lipinski definition) is 4. The first-order valence-electron chi connectivity index (χ1n) is 15.8. The van der Waals surface area contributed by atoms with Gasteiger partial charge < -0.3 is 11.1 Å². The third kappa shape index (κ3) is 5.58. The fourth-order valence-corrected chi connectivity index (χ4v) is 6.57. The lowest BCUT2D eigenvalue weighted by Gasteiger charge is -2.37. The number of rotatable bonds is 9. The predicted octanol–water partition coefficient (Wildman–Crippen LogP) is 8.82. The van der Waals surface area contributed by atoms with Crippen LogP contribution in [0.5, 0.6) is 0 Å². The second-order valence-electron chi connectivity index (χ2n) is 12.0. The number of nitrogens with one attached hydrogen (secondary N) is 1. The van der Waals surface area contributed by atoms with E-state index in [-0.39, 0.29) is 11.9 Å². The number of halogens is 1. The van der Waals surface area contributed by atoms with Crippen LogP contribution in [-0.4, -0.2) is 14.8 Å². The van der Waals surface area contributed by atoms with E-state index in [4.69, 9.17) is 10.8 Å². The molecular weight excluding hydrogens is 581 g/mol. The Morgan fingerprint density at radius 3 is 1.89 bits per heavy atom. The van der Waals surface area contributed by atoms with Gasteiger partial charge in [-0.05, 0) is 78.1 Å². The highest BCUT2D eigenvalue weighted by atomic mass is 19.1. The molecule has 2 heterocycles. The van der Waals surface area contributed by atoms with Crippen molar-refractivity contribution >= 4 is 16.6 Å². The molecule has 0 fully saturated rings. The fourth-order valence-electron chi connectivity index (χ4n) is 6.57. The molecule has 1 atom stereocenters. The maximum Gasteiger partial charge on any atom is 0.138 e. The van der Waals surface area contributed by atoms with Crippen molar-refractivity contribution in [1.82, 2.24) is 20.1 Å². The normalized spacial score (nSPS) is 12.3. The third-order valence-electron chi connectivity index (χ3n) is 8.97. The van der Waals surface area contributed by atoms with E-state index in [1.807, 2.05) is 49.5 Å². The number of aromatic nitrogens is 3. The van der Waals surface area contributed by atoms with Gasteiger partial charge in [-0.2, -0.15) is 5.10 Å². The summed E-state index contributed by atoms with van der Waals surface area (Å²) in [5.74, 6) is -0.246. The van der Waals surface area contributed by atoms with Crippen LogP contribution in [0.4, 0.5) is 10.1 Å². The summed E-state index contributed by atoms with van der Waals surface area (Å²) in [4.78, 5) is 4.47. The molecular formula is C41H36FN5. The van der Waals surface area contributed by atoms with Crippen LogP contribution in [0, 0.1) is 12.7 Å². The first-order chi connectivity index (χ1) is 22.9. The summed E-state index contributed by atoms with van der Waals surface area (Å²) in [7, 11) is 0. The lowest BCUT2D eigenvalue weighted by molar-refractivity contribution is 0.477. The van der Waals surface area contributed by atoms with Gasteiger partial charge in [0.05, 0.1) is 5.52 Å².